The Labute approximate surface area is 126 Å². The molecular formula is C16H26N2O3. The van der Waals surface area contributed by atoms with E-state index in [0.717, 1.165) is 24.2 Å². The summed E-state index contributed by atoms with van der Waals surface area (Å²) in [5.41, 5.74) is 6.86. The van der Waals surface area contributed by atoms with Crippen LogP contribution in [0.1, 0.15) is 31.7 Å². The Kier molecular flexibility index (Phi) is 7.79. The molecule has 0 bridgehead atoms. The van der Waals surface area contributed by atoms with Crippen molar-refractivity contribution in [3.8, 4) is 5.75 Å². The predicted molar refractivity (Wildman–Crippen MR) is 83.0 cm³/mol. The lowest BCUT2D eigenvalue weighted by molar-refractivity contribution is -0.134. The van der Waals surface area contributed by atoms with Gasteiger partial charge in [0.2, 0.25) is 5.91 Å². The van der Waals surface area contributed by atoms with E-state index >= 15 is 0 Å². The number of methoxy groups -OCH3 is 1. The molecule has 1 atom stereocenters. The van der Waals surface area contributed by atoms with Crippen molar-refractivity contribution in [1.29, 1.82) is 0 Å². The smallest absolute Gasteiger partial charge is 0.239 e. The van der Waals surface area contributed by atoms with E-state index < -0.39 is 6.04 Å². The van der Waals surface area contributed by atoms with Crippen molar-refractivity contribution < 1.29 is 14.6 Å². The van der Waals surface area contributed by atoms with Gasteiger partial charge < -0.3 is 20.5 Å². The lowest BCUT2D eigenvalue weighted by atomic mass is 10.1. The highest BCUT2D eigenvalue weighted by molar-refractivity contribution is 5.81. The molecule has 0 fully saturated rings. The number of carbonyl (C=O) groups is 1. The molecule has 0 aromatic heterocycles. The molecule has 0 aliphatic carbocycles. The zero-order valence-corrected chi connectivity index (χ0v) is 12.9. The van der Waals surface area contributed by atoms with Crippen LogP contribution in [-0.2, 0) is 11.3 Å². The second-order valence-corrected chi connectivity index (χ2v) is 5.04. The highest BCUT2D eigenvalue weighted by atomic mass is 16.5. The van der Waals surface area contributed by atoms with E-state index in [0.29, 0.717) is 13.0 Å². The number of para-hydroxylation sites is 1. The summed E-state index contributed by atoms with van der Waals surface area (Å²) >= 11 is 0. The van der Waals surface area contributed by atoms with E-state index in [1.807, 2.05) is 24.3 Å². The molecule has 1 aromatic rings. The first-order valence-corrected chi connectivity index (χ1v) is 7.41. The van der Waals surface area contributed by atoms with Crippen LogP contribution in [-0.4, -0.2) is 42.2 Å². The number of amides is 1. The molecule has 5 nitrogen and oxygen atoms in total. The maximum atomic E-state index is 12.4. The largest absolute Gasteiger partial charge is 0.496 e. The maximum Gasteiger partial charge on any atom is 0.239 e. The van der Waals surface area contributed by atoms with Crippen LogP contribution < -0.4 is 10.5 Å². The Hall–Kier alpha value is -1.59. The van der Waals surface area contributed by atoms with E-state index in [1.165, 1.54) is 0 Å². The summed E-state index contributed by atoms with van der Waals surface area (Å²) < 4.78 is 5.30. The molecule has 1 aromatic carbocycles. The van der Waals surface area contributed by atoms with Crippen molar-refractivity contribution in [1.82, 2.24) is 4.90 Å². The Morgan fingerprint density at radius 3 is 2.76 bits per heavy atom. The molecule has 0 spiro atoms. The van der Waals surface area contributed by atoms with Crippen LogP contribution in [0.25, 0.3) is 0 Å². The minimum Gasteiger partial charge on any atom is -0.496 e. The Bertz CT molecular complexity index is 437. The third-order valence-corrected chi connectivity index (χ3v) is 3.42. The number of hydrogen-bond acceptors (Lipinski definition) is 4. The molecule has 0 saturated heterocycles. The van der Waals surface area contributed by atoms with Gasteiger partial charge in [-0.15, -0.1) is 0 Å². The highest BCUT2D eigenvalue weighted by Gasteiger charge is 2.21. The summed E-state index contributed by atoms with van der Waals surface area (Å²) in [5, 5.41) is 9.18. The van der Waals surface area contributed by atoms with E-state index in [4.69, 9.17) is 10.5 Å². The zero-order chi connectivity index (χ0) is 15.7. The molecule has 1 amide bonds. The van der Waals surface area contributed by atoms with Crippen molar-refractivity contribution in [3.05, 3.63) is 29.8 Å². The minimum atomic E-state index is -0.508. The Balaban J connectivity index is 2.79. The van der Waals surface area contributed by atoms with Gasteiger partial charge in [-0.05, 0) is 12.5 Å². The topological polar surface area (TPSA) is 75.8 Å². The lowest BCUT2D eigenvalue weighted by Gasteiger charge is -2.25. The van der Waals surface area contributed by atoms with Crippen molar-refractivity contribution >= 4 is 5.91 Å². The molecule has 21 heavy (non-hydrogen) atoms. The van der Waals surface area contributed by atoms with Gasteiger partial charge in [-0.25, -0.2) is 0 Å². The van der Waals surface area contributed by atoms with Gasteiger partial charge in [0.1, 0.15) is 5.75 Å². The number of aliphatic hydroxyl groups is 1. The summed E-state index contributed by atoms with van der Waals surface area (Å²) in [5.74, 6) is 0.610. The highest BCUT2D eigenvalue weighted by Crippen LogP contribution is 2.19. The normalized spacial score (nSPS) is 12.0. The standard InChI is InChI=1S/C16H26N2O3/c1-3-4-8-14(17)16(20)18(10-11-19)12-13-7-5-6-9-15(13)21-2/h5-7,9,14,19H,3-4,8,10-12,17H2,1-2H3/t14-/m0/s1. The fourth-order valence-corrected chi connectivity index (χ4v) is 2.21. The van der Waals surface area contributed by atoms with E-state index in [1.54, 1.807) is 12.0 Å². The first-order chi connectivity index (χ1) is 10.1. The molecule has 0 radical (unpaired) electrons. The number of benzene rings is 1. The first-order valence-electron chi connectivity index (χ1n) is 7.41. The average molecular weight is 294 g/mol. The average Bonchev–Trinajstić information content (AvgIpc) is 2.51. The van der Waals surface area contributed by atoms with Gasteiger partial charge in [-0.3, -0.25) is 4.79 Å². The van der Waals surface area contributed by atoms with Crippen LogP contribution in [0, 0.1) is 0 Å². The summed E-state index contributed by atoms with van der Waals surface area (Å²) in [6, 6.07) is 7.04. The van der Waals surface area contributed by atoms with Crippen LogP contribution in [0.4, 0.5) is 0 Å². The van der Waals surface area contributed by atoms with Gasteiger partial charge in [0, 0.05) is 18.7 Å². The van der Waals surface area contributed by atoms with Gasteiger partial charge >= 0.3 is 0 Å². The van der Waals surface area contributed by atoms with E-state index in [9.17, 15) is 9.90 Å². The van der Waals surface area contributed by atoms with Crippen LogP contribution in [0.2, 0.25) is 0 Å². The van der Waals surface area contributed by atoms with E-state index in [2.05, 4.69) is 6.92 Å². The summed E-state index contributed by atoms with van der Waals surface area (Å²) in [6.45, 7) is 2.65. The molecule has 0 saturated carbocycles. The fourth-order valence-electron chi connectivity index (χ4n) is 2.21. The lowest BCUT2D eigenvalue weighted by Crippen LogP contribution is -2.44. The molecule has 5 heteroatoms. The number of aliphatic hydroxyl groups excluding tert-OH is 1. The first kappa shape index (κ1) is 17.5. The van der Waals surface area contributed by atoms with Crippen molar-refractivity contribution in [3.63, 3.8) is 0 Å². The van der Waals surface area contributed by atoms with Gasteiger partial charge in [-0.2, -0.15) is 0 Å². The van der Waals surface area contributed by atoms with Crippen molar-refractivity contribution in [2.75, 3.05) is 20.3 Å². The number of hydrogen-bond donors (Lipinski definition) is 2. The number of rotatable bonds is 9. The van der Waals surface area contributed by atoms with Crippen LogP contribution >= 0.6 is 0 Å². The Morgan fingerprint density at radius 1 is 1.43 bits per heavy atom. The monoisotopic (exact) mass is 294 g/mol. The summed E-state index contributed by atoms with van der Waals surface area (Å²) in [4.78, 5) is 14.0. The Morgan fingerprint density at radius 2 is 2.14 bits per heavy atom. The van der Waals surface area contributed by atoms with Gasteiger partial charge in [0.25, 0.3) is 0 Å². The van der Waals surface area contributed by atoms with Gasteiger partial charge in [0.15, 0.2) is 0 Å². The number of nitrogens with two attached hydrogens (primary N) is 1. The summed E-state index contributed by atoms with van der Waals surface area (Å²) in [7, 11) is 1.60. The predicted octanol–water partition coefficient (Wildman–Crippen LogP) is 1.53. The van der Waals surface area contributed by atoms with Gasteiger partial charge in [-0.1, -0.05) is 38.0 Å². The second kappa shape index (κ2) is 9.37. The molecular weight excluding hydrogens is 268 g/mol. The fraction of sp³-hybridized carbons (Fsp3) is 0.562. The summed E-state index contributed by atoms with van der Waals surface area (Å²) in [6.07, 6.45) is 2.60. The van der Waals surface area contributed by atoms with Crippen LogP contribution in [0.3, 0.4) is 0 Å². The number of unbranched alkanes of at least 4 members (excludes halogenated alkanes) is 1. The molecule has 0 aliphatic rings. The maximum absolute atomic E-state index is 12.4. The molecule has 1 rings (SSSR count). The minimum absolute atomic E-state index is 0.0820. The van der Waals surface area contributed by atoms with E-state index in [-0.39, 0.29) is 19.1 Å². The second-order valence-electron chi connectivity index (χ2n) is 5.04. The van der Waals surface area contributed by atoms with Crippen molar-refractivity contribution in [2.24, 2.45) is 5.73 Å². The van der Waals surface area contributed by atoms with Crippen molar-refractivity contribution in [2.45, 2.75) is 38.8 Å². The molecule has 0 unspecified atom stereocenters. The number of carbonyl (C=O) groups excluding carboxylic acids is 1. The molecule has 0 aliphatic heterocycles. The number of nitrogens with zero attached hydrogens (tertiary/aromatic N) is 1. The quantitative estimate of drug-likeness (QED) is 0.724. The third-order valence-electron chi connectivity index (χ3n) is 3.42. The third kappa shape index (κ3) is 5.36. The molecule has 3 N–H and O–H groups in total. The zero-order valence-electron chi connectivity index (χ0n) is 12.9. The van der Waals surface area contributed by atoms with Gasteiger partial charge in [0.05, 0.1) is 19.8 Å². The van der Waals surface area contributed by atoms with Crippen LogP contribution in [0.15, 0.2) is 24.3 Å². The molecule has 0 heterocycles. The molecule has 118 valence electrons. The SMILES string of the molecule is CCCC[C@H](N)C(=O)N(CCO)Cc1ccccc1OC. The van der Waals surface area contributed by atoms with Crippen LogP contribution in [0.5, 0.6) is 5.75 Å². The number of ether oxygens (including phenoxy) is 1.